The first-order chi connectivity index (χ1) is 9.02. The number of nitrogen functional groups attached to an aromatic ring is 1. The molecule has 3 N–H and O–H groups in total. The molecule has 2 heterocycles. The second-order valence-corrected chi connectivity index (χ2v) is 4.90. The van der Waals surface area contributed by atoms with Crippen LogP contribution in [-0.4, -0.2) is 58.1 Å². The molecule has 2 aromatic heterocycles. The van der Waals surface area contributed by atoms with Crippen LogP contribution in [-0.2, 0) is 0 Å². The molecule has 19 heavy (non-hydrogen) atoms. The Bertz CT molecular complexity index is 548. The molecule has 0 spiro atoms. The van der Waals surface area contributed by atoms with Gasteiger partial charge in [-0.3, -0.25) is 0 Å². The van der Waals surface area contributed by atoms with Crippen molar-refractivity contribution in [2.75, 3.05) is 37.8 Å². The van der Waals surface area contributed by atoms with Gasteiger partial charge in [-0.15, -0.1) is 0 Å². The van der Waals surface area contributed by atoms with Gasteiger partial charge >= 0.3 is 0 Å². The van der Waals surface area contributed by atoms with Crippen molar-refractivity contribution in [3.8, 4) is 0 Å². The van der Waals surface area contributed by atoms with Crippen molar-refractivity contribution in [3.63, 3.8) is 0 Å². The minimum Gasteiger partial charge on any atom is -0.368 e. The summed E-state index contributed by atoms with van der Waals surface area (Å²) in [5.41, 5.74) is 7.21. The number of aromatic nitrogens is 4. The van der Waals surface area contributed by atoms with Gasteiger partial charge in [-0.1, -0.05) is 0 Å². The summed E-state index contributed by atoms with van der Waals surface area (Å²) >= 11 is 0. The Labute approximate surface area is 112 Å². The maximum atomic E-state index is 5.76. The van der Waals surface area contributed by atoms with Crippen LogP contribution in [0.1, 0.15) is 13.8 Å². The molecule has 0 aliphatic carbocycles. The van der Waals surface area contributed by atoms with E-state index >= 15 is 0 Å². The van der Waals surface area contributed by atoms with Crippen LogP contribution in [0.25, 0.3) is 11.2 Å². The van der Waals surface area contributed by atoms with Gasteiger partial charge in [0.25, 0.3) is 0 Å². The Balaban J connectivity index is 2.42. The van der Waals surface area contributed by atoms with E-state index in [0.717, 1.165) is 24.4 Å². The highest BCUT2D eigenvalue weighted by atomic mass is 15.3. The molecule has 7 heteroatoms. The van der Waals surface area contributed by atoms with E-state index in [-0.39, 0.29) is 5.95 Å². The average Bonchev–Trinajstić information content (AvgIpc) is 2.76. The highest BCUT2D eigenvalue weighted by molar-refractivity contribution is 5.84. The molecule has 0 amide bonds. The number of rotatable bonds is 5. The molecule has 0 aliphatic heterocycles. The van der Waals surface area contributed by atoms with Crippen LogP contribution in [0.15, 0.2) is 6.33 Å². The van der Waals surface area contributed by atoms with Crippen molar-refractivity contribution in [2.24, 2.45) is 0 Å². The lowest BCUT2D eigenvalue weighted by Gasteiger charge is -2.31. The first-order valence-electron chi connectivity index (χ1n) is 6.40. The molecule has 0 bridgehead atoms. The molecule has 0 saturated carbocycles. The smallest absolute Gasteiger partial charge is 0.224 e. The van der Waals surface area contributed by atoms with Crippen molar-refractivity contribution in [3.05, 3.63) is 6.33 Å². The summed E-state index contributed by atoms with van der Waals surface area (Å²) in [5.74, 6) is 1.07. The molecule has 1 atom stereocenters. The highest BCUT2D eigenvalue weighted by Crippen LogP contribution is 2.23. The molecule has 104 valence electrons. The number of nitrogens with one attached hydrogen (secondary N) is 1. The molecular formula is C12H21N7. The topological polar surface area (TPSA) is 87.0 Å². The zero-order valence-electron chi connectivity index (χ0n) is 11.9. The molecule has 0 saturated heterocycles. The second-order valence-electron chi connectivity index (χ2n) is 4.90. The molecule has 1 unspecified atom stereocenters. The highest BCUT2D eigenvalue weighted by Gasteiger charge is 2.19. The number of fused-ring (bicyclic) bond motifs is 1. The minimum atomic E-state index is 0.255. The lowest BCUT2D eigenvalue weighted by Crippen LogP contribution is -2.40. The van der Waals surface area contributed by atoms with Gasteiger partial charge in [0, 0.05) is 19.1 Å². The van der Waals surface area contributed by atoms with E-state index in [2.05, 4.69) is 57.7 Å². The van der Waals surface area contributed by atoms with Gasteiger partial charge in [-0.2, -0.15) is 9.97 Å². The van der Waals surface area contributed by atoms with Gasteiger partial charge < -0.3 is 20.5 Å². The van der Waals surface area contributed by atoms with Gasteiger partial charge in [0.15, 0.2) is 11.5 Å². The first-order valence-corrected chi connectivity index (χ1v) is 6.40. The summed E-state index contributed by atoms with van der Waals surface area (Å²) in [6.07, 6.45) is 1.62. The number of H-pyrrole nitrogens is 1. The fraction of sp³-hybridized carbons (Fsp3) is 0.583. The second kappa shape index (κ2) is 5.40. The molecule has 0 fully saturated rings. The van der Waals surface area contributed by atoms with Gasteiger partial charge in [-0.25, -0.2) is 4.98 Å². The van der Waals surface area contributed by atoms with Crippen molar-refractivity contribution in [2.45, 2.75) is 19.9 Å². The molecule has 0 aliphatic rings. The van der Waals surface area contributed by atoms with Crippen LogP contribution in [0, 0.1) is 0 Å². The van der Waals surface area contributed by atoms with E-state index in [1.807, 2.05) is 0 Å². The fourth-order valence-corrected chi connectivity index (χ4v) is 2.34. The Hall–Kier alpha value is -1.89. The maximum absolute atomic E-state index is 5.76. The van der Waals surface area contributed by atoms with Gasteiger partial charge in [-0.05, 0) is 27.9 Å². The first kappa shape index (κ1) is 13.5. The summed E-state index contributed by atoms with van der Waals surface area (Å²) in [5, 5.41) is 0. The largest absolute Gasteiger partial charge is 0.368 e. The van der Waals surface area contributed by atoms with Crippen LogP contribution in [0.3, 0.4) is 0 Å². The van der Waals surface area contributed by atoms with E-state index in [0.29, 0.717) is 11.7 Å². The van der Waals surface area contributed by atoms with Gasteiger partial charge in [0.2, 0.25) is 5.95 Å². The maximum Gasteiger partial charge on any atom is 0.224 e. The standard InChI is InChI=1S/C12H21N7/c1-5-19(8(2)6-18(3)4)11-9-10(15-7-14-9)16-12(13)17-11/h7-8H,5-6H2,1-4H3,(H3,13,14,15,16,17). The zero-order chi connectivity index (χ0) is 14.0. The van der Waals surface area contributed by atoms with Gasteiger partial charge in [0.1, 0.15) is 5.52 Å². The number of aromatic amines is 1. The number of likely N-dealkylation sites (N-methyl/N-ethyl adjacent to an activating group) is 2. The summed E-state index contributed by atoms with van der Waals surface area (Å²) in [6, 6.07) is 0.320. The summed E-state index contributed by atoms with van der Waals surface area (Å²) in [7, 11) is 4.12. The summed E-state index contributed by atoms with van der Waals surface area (Å²) in [4.78, 5) is 20.1. The predicted octanol–water partition coefficient (Wildman–Crippen LogP) is 0.711. The number of nitrogens with zero attached hydrogens (tertiary/aromatic N) is 5. The average molecular weight is 263 g/mol. The van der Waals surface area contributed by atoms with Gasteiger partial charge in [0.05, 0.1) is 6.33 Å². The van der Waals surface area contributed by atoms with E-state index in [4.69, 9.17) is 5.73 Å². The number of nitrogens with two attached hydrogens (primary N) is 1. The molecule has 0 radical (unpaired) electrons. The van der Waals surface area contributed by atoms with E-state index in [9.17, 15) is 0 Å². The number of imidazole rings is 1. The predicted molar refractivity (Wildman–Crippen MR) is 77.1 cm³/mol. The van der Waals surface area contributed by atoms with Crippen LogP contribution in [0.4, 0.5) is 11.8 Å². The van der Waals surface area contributed by atoms with Crippen LogP contribution >= 0.6 is 0 Å². The quantitative estimate of drug-likeness (QED) is 0.826. The van der Waals surface area contributed by atoms with Crippen molar-refractivity contribution in [1.29, 1.82) is 0 Å². The molecule has 2 rings (SSSR count). The van der Waals surface area contributed by atoms with Crippen molar-refractivity contribution >= 4 is 22.9 Å². The Morgan fingerprint density at radius 2 is 2.11 bits per heavy atom. The normalized spacial score (nSPS) is 13.1. The van der Waals surface area contributed by atoms with Crippen LogP contribution in [0.5, 0.6) is 0 Å². The van der Waals surface area contributed by atoms with E-state index in [1.165, 1.54) is 0 Å². The fourth-order valence-electron chi connectivity index (χ4n) is 2.34. The lowest BCUT2D eigenvalue weighted by molar-refractivity contribution is 0.372. The third kappa shape index (κ3) is 2.76. The van der Waals surface area contributed by atoms with E-state index in [1.54, 1.807) is 6.33 Å². The zero-order valence-corrected chi connectivity index (χ0v) is 11.9. The Morgan fingerprint density at radius 1 is 1.37 bits per heavy atom. The number of hydrogen-bond acceptors (Lipinski definition) is 6. The SMILES string of the molecule is CCN(c1nc(N)nc2nc[nH]c12)C(C)CN(C)C. The van der Waals surface area contributed by atoms with Crippen LogP contribution < -0.4 is 10.6 Å². The third-order valence-electron chi connectivity index (χ3n) is 3.06. The lowest BCUT2D eigenvalue weighted by atomic mass is 10.2. The molecule has 7 nitrogen and oxygen atoms in total. The van der Waals surface area contributed by atoms with Crippen molar-refractivity contribution < 1.29 is 0 Å². The monoisotopic (exact) mass is 263 g/mol. The number of hydrogen-bond donors (Lipinski definition) is 2. The minimum absolute atomic E-state index is 0.255. The molecule has 0 aromatic carbocycles. The number of anilines is 2. The third-order valence-corrected chi connectivity index (χ3v) is 3.06. The molecule has 2 aromatic rings. The van der Waals surface area contributed by atoms with Crippen molar-refractivity contribution in [1.82, 2.24) is 24.8 Å². The summed E-state index contributed by atoms with van der Waals surface area (Å²) < 4.78 is 0. The van der Waals surface area contributed by atoms with Crippen LogP contribution in [0.2, 0.25) is 0 Å². The molecular weight excluding hydrogens is 242 g/mol. The summed E-state index contributed by atoms with van der Waals surface area (Å²) in [6.45, 7) is 6.06. The van der Waals surface area contributed by atoms with E-state index < -0.39 is 0 Å². The Kier molecular flexibility index (Phi) is 3.84. The Morgan fingerprint density at radius 3 is 2.74 bits per heavy atom.